The van der Waals surface area contributed by atoms with E-state index in [2.05, 4.69) is 9.88 Å². The van der Waals surface area contributed by atoms with Crippen molar-refractivity contribution in [2.45, 2.75) is 12.8 Å². The zero-order valence-electron chi connectivity index (χ0n) is 9.76. The second kappa shape index (κ2) is 5.63. The highest BCUT2D eigenvalue weighted by Gasteiger charge is 2.12. The van der Waals surface area contributed by atoms with Gasteiger partial charge in [0.15, 0.2) is 0 Å². The topological polar surface area (TPSA) is 68.5 Å². The highest BCUT2D eigenvalue weighted by molar-refractivity contribution is 5.74. The quantitative estimate of drug-likeness (QED) is 0.817. The Morgan fingerprint density at radius 1 is 1.47 bits per heavy atom. The van der Waals surface area contributed by atoms with Crippen molar-refractivity contribution in [3.8, 4) is 0 Å². The number of rotatable bonds is 4. The zero-order valence-corrected chi connectivity index (χ0v) is 9.76. The van der Waals surface area contributed by atoms with E-state index in [0.717, 1.165) is 37.7 Å². The Morgan fingerprint density at radius 2 is 2.24 bits per heavy atom. The van der Waals surface area contributed by atoms with Gasteiger partial charge in [0, 0.05) is 25.7 Å². The third-order valence-electron chi connectivity index (χ3n) is 2.81. The molecule has 92 valence electrons. The second-order valence-corrected chi connectivity index (χ2v) is 4.09. The second-order valence-electron chi connectivity index (χ2n) is 4.09. The van der Waals surface area contributed by atoms with Crippen LogP contribution in [0.4, 0.5) is 5.82 Å². The van der Waals surface area contributed by atoms with Crippen LogP contribution in [0.3, 0.4) is 0 Å². The summed E-state index contributed by atoms with van der Waals surface area (Å²) in [6.45, 7) is 3.22. The molecule has 5 heteroatoms. The van der Waals surface area contributed by atoms with Crippen LogP contribution in [0.1, 0.15) is 12.0 Å². The predicted octanol–water partition coefficient (Wildman–Crippen LogP) is 0.336. The van der Waals surface area contributed by atoms with Crippen molar-refractivity contribution < 1.29 is 9.53 Å². The van der Waals surface area contributed by atoms with E-state index >= 15 is 0 Å². The van der Waals surface area contributed by atoms with Crippen LogP contribution in [0.25, 0.3) is 0 Å². The Kier molecular flexibility index (Phi) is 3.93. The van der Waals surface area contributed by atoms with E-state index < -0.39 is 0 Å². The molecule has 17 heavy (non-hydrogen) atoms. The number of carbonyl (C=O) groups excluding carboxylic acids is 1. The number of primary amides is 1. The highest BCUT2D eigenvalue weighted by atomic mass is 16.5. The molecule has 1 amide bonds. The fraction of sp³-hybridized carbons (Fsp3) is 0.500. The molecule has 0 spiro atoms. The molecule has 2 N–H and O–H groups in total. The van der Waals surface area contributed by atoms with Crippen molar-refractivity contribution in [1.29, 1.82) is 0 Å². The van der Waals surface area contributed by atoms with E-state index in [1.165, 1.54) is 0 Å². The summed E-state index contributed by atoms with van der Waals surface area (Å²) in [5, 5.41) is 0. The third kappa shape index (κ3) is 3.42. The number of amides is 1. The van der Waals surface area contributed by atoms with Crippen molar-refractivity contribution in [1.82, 2.24) is 4.98 Å². The van der Waals surface area contributed by atoms with E-state index in [-0.39, 0.29) is 5.91 Å². The van der Waals surface area contributed by atoms with Crippen LogP contribution in [-0.2, 0) is 16.0 Å². The fourth-order valence-electron chi connectivity index (χ4n) is 1.85. The molecular weight excluding hydrogens is 218 g/mol. The van der Waals surface area contributed by atoms with E-state index in [1.807, 2.05) is 12.1 Å². The van der Waals surface area contributed by atoms with Gasteiger partial charge in [-0.3, -0.25) is 4.79 Å². The Hall–Kier alpha value is -1.62. The molecule has 5 nitrogen and oxygen atoms in total. The molecule has 0 bridgehead atoms. The van der Waals surface area contributed by atoms with Crippen LogP contribution in [-0.4, -0.2) is 37.2 Å². The molecule has 2 heterocycles. The number of hydrogen-bond acceptors (Lipinski definition) is 4. The van der Waals surface area contributed by atoms with Crippen LogP contribution in [0.2, 0.25) is 0 Å². The first-order chi connectivity index (χ1) is 8.25. The average Bonchev–Trinajstić information content (AvgIpc) is 2.38. The van der Waals surface area contributed by atoms with Gasteiger partial charge >= 0.3 is 0 Å². The number of carbonyl (C=O) groups is 1. The molecule has 0 aliphatic carbocycles. The lowest BCUT2D eigenvalue weighted by Crippen LogP contribution is -2.36. The molecule has 0 atom stereocenters. The van der Waals surface area contributed by atoms with Crippen LogP contribution < -0.4 is 10.6 Å². The predicted molar refractivity (Wildman–Crippen MR) is 64.8 cm³/mol. The molecule has 1 aliphatic heterocycles. The van der Waals surface area contributed by atoms with E-state index in [1.54, 1.807) is 6.20 Å². The van der Waals surface area contributed by atoms with Gasteiger partial charge < -0.3 is 15.4 Å². The van der Waals surface area contributed by atoms with Crippen molar-refractivity contribution in [3.05, 3.63) is 23.9 Å². The Labute approximate surface area is 101 Å². The molecule has 0 unspecified atom stereocenters. The van der Waals surface area contributed by atoms with Crippen LogP contribution >= 0.6 is 0 Å². The van der Waals surface area contributed by atoms with Crippen molar-refractivity contribution >= 4 is 11.7 Å². The minimum atomic E-state index is -0.269. The zero-order chi connectivity index (χ0) is 12.1. The Bertz CT molecular complexity index is 389. The molecule has 2 rings (SSSR count). The lowest BCUT2D eigenvalue weighted by atomic mass is 10.1. The normalized spacial score (nSPS) is 15.9. The van der Waals surface area contributed by atoms with Gasteiger partial charge in [-0.25, -0.2) is 4.98 Å². The summed E-state index contributed by atoms with van der Waals surface area (Å²) >= 11 is 0. The largest absolute Gasteiger partial charge is 0.378 e. The van der Waals surface area contributed by atoms with Gasteiger partial charge in [0.1, 0.15) is 5.82 Å². The van der Waals surface area contributed by atoms with Crippen LogP contribution in [0.15, 0.2) is 18.3 Å². The van der Waals surface area contributed by atoms with Gasteiger partial charge in [0.05, 0.1) is 13.2 Å². The number of anilines is 1. The number of hydrogen-bond donors (Lipinski definition) is 1. The number of nitrogens with zero attached hydrogens (tertiary/aromatic N) is 2. The number of nitrogens with two attached hydrogens (primary N) is 1. The summed E-state index contributed by atoms with van der Waals surface area (Å²) in [6, 6.07) is 3.95. The first-order valence-corrected chi connectivity index (χ1v) is 5.81. The summed E-state index contributed by atoms with van der Waals surface area (Å²) in [7, 11) is 0. The molecular formula is C12H17N3O2. The molecule has 1 fully saturated rings. The first kappa shape index (κ1) is 11.9. The van der Waals surface area contributed by atoms with Gasteiger partial charge in [-0.15, -0.1) is 0 Å². The minimum absolute atomic E-state index is 0.269. The van der Waals surface area contributed by atoms with E-state index in [4.69, 9.17) is 10.5 Å². The third-order valence-corrected chi connectivity index (χ3v) is 2.81. The molecule has 0 radical (unpaired) electrons. The number of morpholine rings is 1. The lowest BCUT2D eigenvalue weighted by molar-refractivity contribution is -0.117. The Balaban J connectivity index is 2.02. The number of aryl methyl sites for hydroxylation is 1. The Morgan fingerprint density at radius 3 is 2.94 bits per heavy atom. The van der Waals surface area contributed by atoms with Crippen LogP contribution in [0, 0.1) is 0 Å². The maximum atomic E-state index is 10.7. The summed E-state index contributed by atoms with van der Waals surface area (Å²) in [5.74, 6) is 0.685. The smallest absolute Gasteiger partial charge is 0.217 e. The van der Waals surface area contributed by atoms with E-state index in [9.17, 15) is 4.79 Å². The number of aromatic nitrogens is 1. The summed E-state index contributed by atoms with van der Waals surface area (Å²) < 4.78 is 5.30. The SMILES string of the molecule is NC(=O)CCc1ccnc(N2CCOCC2)c1. The molecule has 1 aromatic heterocycles. The van der Waals surface area contributed by atoms with Crippen LogP contribution in [0.5, 0.6) is 0 Å². The van der Waals surface area contributed by atoms with Crippen molar-refractivity contribution in [3.63, 3.8) is 0 Å². The summed E-state index contributed by atoms with van der Waals surface area (Å²) in [6.07, 6.45) is 2.84. The molecule has 0 aromatic carbocycles. The van der Waals surface area contributed by atoms with E-state index in [0.29, 0.717) is 12.8 Å². The lowest BCUT2D eigenvalue weighted by Gasteiger charge is -2.28. The summed E-state index contributed by atoms with van der Waals surface area (Å²) in [5.41, 5.74) is 6.24. The molecule has 1 saturated heterocycles. The molecule has 1 aromatic rings. The molecule has 1 aliphatic rings. The van der Waals surface area contributed by atoms with Crippen molar-refractivity contribution in [2.75, 3.05) is 31.2 Å². The van der Waals surface area contributed by atoms with Crippen molar-refractivity contribution in [2.24, 2.45) is 5.73 Å². The highest BCUT2D eigenvalue weighted by Crippen LogP contribution is 2.15. The average molecular weight is 235 g/mol. The number of ether oxygens (including phenoxy) is 1. The maximum absolute atomic E-state index is 10.7. The summed E-state index contributed by atoms with van der Waals surface area (Å²) in [4.78, 5) is 17.3. The van der Waals surface area contributed by atoms with Gasteiger partial charge in [-0.1, -0.05) is 0 Å². The standard InChI is InChI=1S/C12H17N3O2/c13-11(16)2-1-10-3-4-14-12(9-10)15-5-7-17-8-6-15/h3-4,9H,1-2,5-8H2,(H2,13,16). The van der Waals surface area contributed by atoms with Gasteiger partial charge in [0.25, 0.3) is 0 Å². The molecule has 0 saturated carbocycles. The first-order valence-electron chi connectivity index (χ1n) is 5.81. The van der Waals surface area contributed by atoms with Gasteiger partial charge in [-0.05, 0) is 24.1 Å². The minimum Gasteiger partial charge on any atom is -0.378 e. The van der Waals surface area contributed by atoms with Gasteiger partial charge in [-0.2, -0.15) is 0 Å². The monoisotopic (exact) mass is 235 g/mol. The fourth-order valence-corrected chi connectivity index (χ4v) is 1.85. The maximum Gasteiger partial charge on any atom is 0.217 e. The van der Waals surface area contributed by atoms with Gasteiger partial charge in [0.2, 0.25) is 5.91 Å². The number of pyridine rings is 1.